The molecule has 1 aliphatic carbocycles. The number of fused-ring (bicyclic) bond motifs is 2. The second-order valence-electron chi connectivity index (χ2n) is 5.93. The first kappa shape index (κ1) is 10.1. The van der Waals surface area contributed by atoms with Crippen molar-refractivity contribution in [1.82, 2.24) is 5.32 Å². The highest BCUT2D eigenvalue weighted by Gasteiger charge is 2.45. The van der Waals surface area contributed by atoms with Gasteiger partial charge < -0.3 is 10.1 Å². The standard InChI is InChI=1S/C13H23NO/c1-15-13(7-10-3-2-4-10)8-11-5-6-12(9-13)14-11/h10-12,14H,2-9H2,1H3. The van der Waals surface area contributed by atoms with Crippen molar-refractivity contribution >= 4 is 0 Å². The Labute approximate surface area is 92.8 Å². The van der Waals surface area contributed by atoms with E-state index in [1.165, 1.54) is 51.4 Å². The van der Waals surface area contributed by atoms with Crippen molar-refractivity contribution in [3.8, 4) is 0 Å². The summed E-state index contributed by atoms with van der Waals surface area (Å²) in [6.07, 6.45) is 11.0. The number of hydrogen-bond donors (Lipinski definition) is 1. The predicted octanol–water partition coefficient (Wildman–Crippen LogP) is 2.48. The molecule has 15 heavy (non-hydrogen) atoms. The third kappa shape index (κ3) is 1.83. The Morgan fingerprint density at radius 3 is 2.27 bits per heavy atom. The van der Waals surface area contributed by atoms with Gasteiger partial charge in [0.25, 0.3) is 0 Å². The lowest BCUT2D eigenvalue weighted by molar-refractivity contribution is -0.0706. The average Bonchev–Trinajstić information content (AvgIpc) is 2.53. The zero-order valence-electron chi connectivity index (χ0n) is 9.80. The van der Waals surface area contributed by atoms with Gasteiger partial charge >= 0.3 is 0 Å². The molecule has 2 bridgehead atoms. The van der Waals surface area contributed by atoms with Crippen LogP contribution >= 0.6 is 0 Å². The van der Waals surface area contributed by atoms with Crippen LogP contribution in [0.15, 0.2) is 0 Å². The van der Waals surface area contributed by atoms with Gasteiger partial charge in [0.05, 0.1) is 5.60 Å². The molecule has 2 heterocycles. The Balaban J connectivity index is 1.68. The molecule has 86 valence electrons. The maximum atomic E-state index is 5.93. The molecule has 3 fully saturated rings. The lowest BCUT2D eigenvalue weighted by Crippen LogP contribution is -2.50. The zero-order valence-corrected chi connectivity index (χ0v) is 9.80. The van der Waals surface area contributed by atoms with Crippen molar-refractivity contribution in [1.29, 1.82) is 0 Å². The molecular weight excluding hydrogens is 186 g/mol. The Morgan fingerprint density at radius 1 is 1.13 bits per heavy atom. The molecule has 0 aromatic rings. The minimum absolute atomic E-state index is 0.238. The zero-order chi connectivity index (χ0) is 10.3. The molecule has 3 aliphatic rings. The van der Waals surface area contributed by atoms with Crippen LogP contribution in [0.2, 0.25) is 0 Å². The first-order chi connectivity index (χ1) is 7.30. The highest BCUT2D eigenvalue weighted by atomic mass is 16.5. The second kappa shape index (κ2) is 3.74. The minimum Gasteiger partial charge on any atom is -0.378 e. The maximum Gasteiger partial charge on any atom is 0.0711 e. The fourth-order valence-corrected chi connectivity index (χ4v) is 3.85. The third-order valence-corrected chi connectivity index (χ3v) is 4.89. The summed E-state index contributed by atoms with van der Waals surface area (Å²) in [7, 11) is 1.93. The van der Waals surface area contributed by atoms with Crippen molar-refractivity contribution in [2.24, 2.45) is 5.92 Å². The summed E-state index contributed by atoms with van der Waals surface area (Å²) in [5, 5.41) is 3.71. The van der Waals surface area contributed by atoms with Gasteiger partial charge in [-0.25, -0.2) is 0 Å². The van der Waals surface area contributed by atoms with Gasteiger partial charge in [-0.05, 0) is 38.0 Å². The third-order valence-electron chi connectivity index (χ3n) is 4.89. The molecule has 3 rings (SSSR count). The van der Waals surface area contributed by atoms with Gasteiger partial charge in [-0.15, -0.1) is 0 Å². The van der Waals surface area contributed by atoms with E-state index >= 15 is 0 Å². The van der Waals surface area contributed by atoms with Gasteiger partial charge in [0.15, 0.2) is 0 Å². The van der Waals surface area contributed by atoms with Crippen molar-refractivity contribution in [2.75, 3.05) is 7.11 Å². The number of rotatable bonds is 3. The van der Waals surface area contributed by atoms with Crippen molar-refractivity contribution < 1.29 is 4.74 Å². The van der Waals surface area contributed by atoms with Crippen LogP contribution in [0, 0.1) is 5.92 Å². The lowest BCUT2D eigenvalue weighted by atomic mass is 9.73. The van der Waals surface area contributed by atoms with E-state index in [-0.39, 0.29) is 5.60 Å². The number of hydrogen-bond acceptors (Lipinski definition) is 2. The second-order valence-corrected chi connectivity index (χ2v) is 5.93. The molecule has 2 nitrogen and oxygen atoms in total. The fraction of sp³-hybridized carbons (Fsp3) is 1.00. The minimum atomic E-state index is 0.238. The van der Waals surface area contributed by atoms with Crippen molar-refractivity contribution in [3.05, 3.63) is 0 Å². The molecule has 0 aromatic carbocycles. The maximum absolute atomic E-state index is 5.93. The van der Waals surface area contributed by atoms with Crippen LogP contribution in [0.3, 0.4) is 0 Å². The Hall–Kier alpha value is -0.0800. The number of methoxy groups -OCH3 is 1. The van der Waals surface area contributed by atoms with Crippen LogP contribution in [0.25, 0.3) is 0 Å². The molecule has 2 saturated heterocycles. The largest absolute Gasteiger partial charge is 0.378 e. The number of ether oxygens (including phenoxy) is 1. The van der Waals surface area contributed by atoms with Crippen molar-refractivity contribution in [3.63, 3.8) is 0 Å². The summed E-state index contributed by atoms with van der Waals surface area (Å²) in [5.41, 5.74) is 0.238. The molecule has 0 aromatic heterocycles. The summed E-state index contributed by atoms with van der Waals surface area (Å²) in [6, 6.07) is 1.51. The normalized spacial score (nSPS) is 45.4. The van der Waals surface area contributed by atoms with Gasteiger partial charge in [-0.3, -0.25) is 0 Å². The molecular formula is C13H23NO. The molecule has 0 radical (unpaired) electrons. The summed E-state index contributed by atoms with van der Waals surface area (Å²) < 4.78 is 5.93. The SMILES string of the molecule is COC1(CC2CCC2)CC2CCC(C1)N2. The molecule has 1 saturated carbocycles. The van der Waals surface area contributed by atoms with Crippen LogP contribution < -0.4 is 5.32 Å². The Morgan fingerprint density at radius 2 is 1.80 bits per heavy atom. The Bertz CT molecular complexity index is 225. The van der Waals surface area contributed by atoms with Crippen LogP contribution in [-0.4, -0.2) is 24.8 Å². The fourth-order valence-electron chi connectivity index (χ4n) is 3.85. The van der Waals surface area contributed by atoms with Gasteiger partial charge in [0, 0.05) is 19.2 Å². The number of nitrogens with one attached hydrogen (secondary N) is 1. The van der Waals surface area contributed by atoms with Crippen LogP contribution in [0.4, 0.5) is 0 Å². The van der Waals surface area contributed by atoms with E-state index in [4.69, 9.17) is 4.74 Å². The molecule has 2 atom stereocenters. The van der Waals surface area contributed by atoms with Gasteiger partial charge in [-0.1, -0.05) is 19.3 Å². The van der Waals surface area contributed by atoms with E-state index in [2.05, 4.69) is 5.32 Å². The quantitative estimate of drug-likeness (QED) is 0.771. The lowest BCUT2D eigenvalue weighted by Gasteiger charge is -2.44. The topological polar surface area (TPSA) is 21.3 Å². The summed E-state index contributed by atoms with van der Waals surface area (Å²) in [6.45, 7) is 0. The molecule has 0 amide bonds. The van der Waals surface area contributed by atoms with Crippen LogP contribution in [0.5, 0.6) is 0 Å². The monoisotopic (exact) mass is 209 g/mol. The van der Waals surface area contributed by atoms with E-state index in [9.17, 15) is 0 Å². The van der Waals surface area contributed by atoms with Gasteiger partial charge in [0.2, 0.25) is 0 Å². The molecule has 2 unspecified atom stereocenters. The highest BCUT2D eigenvalue weighted by Crippen LogP contribution is 2.43. The molecule has 0 spiro atoms. The molecule has 2 aliphatic heterocycles. The molecule has 2 heteroatoms. The summed E-state index contributed by atoms with van der Waals surface area (Å²) in [4.78, 5) is 0. The van der Waals surface area contributed by atoms with Gasteiger partial charge in [-0.2, -0.15) is 0 Å². The number of piperidine rings is 1. The molecule has 1 N–H and O–H groups in total. The van der Waals surface area contributed by atoms with E-state index < -0.39 is 0 Å². The van der Waals surface area contributed by atoms with E-state index in [0.717, 1.165) is 18.0 Å². The average molecular weight is 209 g/mol. The first-order valence-corrected chi connectivity index (χ1v) is 6.61. The van der Waals surface area contributed by atoms with Crippen LogP contribution in [0.1, 0.15) is 51.4 Å². The predicted molar refractivity (Wildman–Crippen MR) is 60.9 cm³/mol. The summed E-state index contributed by atoms with van der Waals surface area (Å²) in [5.74, 6) is 0.974. The smallest absolute Gasteiger partial charge is 0.0711 e. The van der Waals surface area contributed by atoms with Crippen LogP contribution in [-0.2, 0) is 4.74 Å². The van der Waals surface area contributed by atoms with Gasteiger partial charge in [0.1, 0.15) is 0 Å². The van der Waals surface area contributed by atoms with Crippen molar-refractivity contribution in [2.45, 2.75) is 69.1 Å². The Kier molecular flexibility index (Phi) is 2.52. The van der Waals surface area contributed by atoms with E-state index in [0.29, 0.717) is 0 Å². The summed E-state index contributed by atoms with van der Waals surface area (Å²) >= 11 is 0. The van der Waals surface area contributed by atoms with E-state index in [1.807, 2.05) is 7.11 Å². The van der Waals surface area contributed by atoms with E-state index in [1.54, 1.807) is 0 Å². The highest BCUT2D eigenvalue weighted by molar-refractivity contribution is 5.02. The first-order valence-electron chi connectivity index (χ1n) is 6.61.